The van der Waals surface area contributed by atoms with E-state index in [1.54, 1.807) is 20.2 Å². The molecule has 1 unspecified atom stereocenters. The number of anilines is 1. The summed E-state index contributed by atoms with van der Waals surface area (Å²) in [5.41, 5.74) is 1.93. The molecule has 3 saturated heterocycles. The molecular weight excluding hydrogens is 793 g/mol. The molecule has 1 amide bonds. The summed E-state index contributed by atoms with van der Waals surface area (Å²) in [6.45, 7) is -0.133. The van der Waals surface area contributed by atoms with Crippen molar-refractivity contribution in [1.29, 1.82) is 0 Å². The molecule has 1 saturated carbocycles. The first-order valence-corrected chi connectivity index (χ1v) is 20.0. The average Bonchev–Trinajstić information content (AvgIpc) is 4.05. The average molecular weight is 839 g/mol. The molecule has 2 N–H and O–H groups in total. The van der Waals surface area contributed by atoms with E-state index >= 15 is 0 Å². The SMILES string of the molecule is CN(C)C(=O)c1cc(NC(C(=O)O[C@H]2CN3CCC2CC3)c2ccccc2)cc(C(=O)O[C@@H](Cc2c(Cl)c[nH+]cc2Cl)c2ccc(OC(F)F)c(OCC3CC3)c2)c1. The van der Waals surface area contributed by atoms with Crippen LogP contribution in [0.15, 0.2) is 79.1 Å². The van der Waals surface area contributed by atoms with Crippen molar-refractivity contribution in [3.8, 4) is 11.5 Å². The summed E-state index contributed by atoms with van der Waals surface area (Å²) >= 11 is 13.1. The second kappa shape index (κ2) is 18.3. The van der Waals surface area contributed by atoms with Gasteiger partial charge in [0, 0.05) is 43.9 Å². The lowest BCUT2D eigenvalue weighted by molar-refractivity contribution is -0.377. The minimum Gasteiger partial charge on any atom is -0.489 e. The fraction of sp³-hybridized carbons (Fsp3) is 0.395. The van der Waals surface area contributed by atoms with Gasteiger partial charge in [0.25, 0.3) is 5.91 Å². The summed E-state index contributed by atoms with van der Waals surface area (Å²) in [6, 6.07) is 16.9. The van der Waals surface area contributed by atoms with Gasteiger partial charge in [0.05, 0.1) is 12.2 Å². The third-order valence-corrected chi connectivity index (χ3v) is 11.4. The van der Waals surface area contributed by atoms with Gasteiger partial charge in [-0.3, -0.25) is 9.69 Å². The zero-order valence-corrected chi connectivity index (χ0v) is 33.6. The number of H-pyrrole nitrogens is 1. The highest BCUT2D eigenvalue weighted by Gasteiger charge is 2.38. The van der Waals surface area contributed by atoms with Crippen LogP contribution in [0, 0.1) is 11.8 Å². The molecule has 0 spiro atoms. The molecule has 4 heterocycles. The number of carbonyl (C=O) groups is 3. The lowest BCUT2D eigenvalue weighted by atomic mass is 9.86. The molecule has 58 heavy (non-hydrogen) atoms. The van der Waals surface area contributed by atoms with Gasteiger partial charge in [0.1, 0.15) is 22.3 Å². The molecule has 3 aliphatic heterocycles. The Labute approximate surface area is 345 Å². The van der Waals surface area contributed by atoms with Crippen molar-refractivity contribution in [1.82, 2.24) is 9.80 Å². The first-order chi connectivity index (χ1) is 27.9. The predicted molar refractivity (Wildman–Crippen MR) is 212 cm³/mol. The van der Waals surface area contributed by atoms with E-state index in [9.17, 15) is 23.2 Å². The highest BCUT2D eigenvalue weighted by atomic mass is 35.5. The van der Waals surface area contributed by atoms with Gasteiger partial charge in [-0.2, -0.15) is 8.78 Å². The molecule has 11 nitrogen and oxygen atoms in total. The van der Waals surface area contributed by atoms with Gasteiger partial charge in [0.15, 0.2) is 29.9 Å². The van der Waals surface area contributed by atoms with Crippen molar-refractivity contribution in [2.75, 3.05) is 45.7 Å². The Morgan fingerprint density at radius 3 is 2.24 bits per heavy atom. The Morgan fingerprint density at radius 1 is 0.897 bits per heavy atom. The van der Waals surface area contributed by atoms with Crippen LogP contribution in [0.3, 0.4) is 0 Å². The Hall–Kier alpha value is -4.98. The van der Waals surface area contributed by atoms with Crippen molar-refractivity contribution in [2.24, 2.45) is 11.8 Å². The Balaban J connectivity index is 1.22. The lowest BCUT2D eigenvalue weighted by Crippen LogP contribution is -2.52. The van der Waals surface area contributed by atoms with Gasteiger partial charge in [-0.05, 0) is 92.1 Å². The van der Waals surface area contributed by atoms with Crippen LogP contribution in [0.4, 0.5) is 14.5 Å². The van der Waals surface area contributed by atoms with Crippen molar-refractivity contribution in [3.63, 3.8) is 0 Å². The number of benzene rings is 3. The zero-order chi connectivity index (χ0) is 40.9. The van der Waals surface area contributed by atoms with E-state index in [0.29, 0.717) is 41.4 Å². The summed E-state index contributed by atoms with van der Waals surface area (Å²) in [4.78, 5) is 48.3. The van der Waals surface area contributed by atoms with Gasteiger partial charge in [-0.25, -0.2) is 14.6 Å². The van der Waals surface area contributed by atoms with E-state index in [1.807, 2.05) is 30.3 Å². The molecule has 306 valence electrons. The maximum absolute atomic E-state index is 14.3. The number of esters is 2. The molecule has 15 heteroatoms. The fourth-order valence-electron chi connectivity index (χ4n) is 7.37. The number of pyridine rings is 1. The molecule has 1 aromatic heterocycles. The first kappa shape index (κ1) is 41.2. The molecule has 0 radical (unpaired) electrons. The second-order valence-electron chi connectivity index (χ2n) is 15.2. The predicted octanol–water partition coefficient (Wildman–Crippen LogP) is 7.83. The largest absolute Gasteiger partial charge is 0.489 e. The standard InChI is InChI=1S/C43H44Cl2F2N4O7/c1-50(2)40(52)29-16-30(18-31(17-29)49-39(27-6-4-3-5-7-27)42(54)57-38-23-51-14-12-26(38)13-15-51)41(53)56-36(20-32-33(44)21-48-22-34(32)45)28-10-11-35(58-43(46)47)37(19-28)55-24-25-8-9-25/h3-7,10-11,16-19,21-22,25-26,36,38-39,43,49H,8-9,12-15,20,23-24H2,1-2H3/p+1/t36-,38-,39?/m0/s1. The maximum Gasteiger partial charge on any atom is 0.387 e. The summed E-state index contributed by atoms with van der Waals surface area (Å²) < 4.78 is 49.8. The quantitative estimate of drug-likeness (QED) is 0.113. The van der Waals surface area contributed by atoms with Gasteiger partial charge >= 0.3 is 18.6 Å². The molecule has 8 rings (SSSR count). The summed E-state index contributed by atoms with van der Waals surface area (Å²) in [5.74, 6) is -1.22. The molecule has 4 fully saturated rings. The van der Waals surface area contributed by atoms with Gasteiger partial charge < -0.3 is 29.2 Å². The van der Waals surface area contributed by atoms with Crippen molar-refractivity contribution in [3.05, 3.63) is 117 Å². The van der Waals surface area contributed by atoms with E-state index < -0.39 is 36.6 Å². The lowest BCUT2D eigenvalue weighted by Gasteiger charge is -2.44. The number of piperidine rings is 3. The van der Waals surface area contributed by atoms with Crippen LogP contribution >= 0.6 is 23.2 Å². The van der Waals surface area contributed by atoms with Crippen LogP contribution in [0.1, 0.15) is 75.2 Å². The maximum atomic E-state index is 14.3. The Bertz CT molecular complexity index is 2100. The van der Waals surface area contributed by atoms with Crippen molar-refractivity contribution >= 4 is 46.7 Å². The van der Waals surface area contributed by atoms with Crippen molar-refractivity contribution in [2.45, 2.75) is 57.0 Å². The van der Waals surface area contributed by atoms with Crippen LogP contribution in [-0.2, 0) is 20.7 Å². The van der Waals surface area contributed by atoms with E-state index in [2.05, 4.69) is 15.2 Å². The molecule has 3 atom stereocenters. The number of alkyl halides is 2. The van der Waals surface area contributed by atoms with Crippen LogP contribution in [0.2, 0.25) is 10.0 Å². The van der Waals surface area contributed by atoms with Crippen molar-refractivity contribution < 1.29 is 47.1 Å². The highest BCUT2D eigenvalue weighted by Crippen LogP contribution is 2.39. The molecule has 2 bridgehead atoms. The summed E-state index contributed by atoms with van der Waals surface area (Å²) in [6.07, 6.45) is 5.59. The first-order valence-electron chi connectivity index (χ1n) is 19.3. The van der Waals surface area contributed by atoms with Crippen LogP contribution < -0.4 is 19.8 Å². The summed E-state index contributed by atoms with van der Waals surface area (Å²) in [7, 11) is 3.17. The number of aromatic nitrogens is 1. The highest BCUT2D eigenvalue weighted by molar-refractivity contribution is 6.35. The number of rotatable bonds is 16. The van der Waals surface area contributed by atoms with Crippen LogP contribution in [-0.4, -0.2) is 80.7 Å². The molecule has 4 aromatic rings. The molecule has 4 aliphatic rings. The number of hydrogen-bond donors (Lipinski definition) is 1. The summed E-state index contributed by atoms with van der Waals surface area (Å²) in [5, 5.41) is 3.81. The normalized spacial score (nSPS) is 19.5. The van der Waals surface area contributed by atoms with Gasteiger partial charge in [0.2, 0.25) is 0 Å². The number of nitrogens with one attached hydrogen (secondary N) is 2. The van der Waals surface area contributed by atoms with E-state index in [-0.39, 0.29) is 51.1 Å². The third-order valence-electron chi connectivity index (χ3n) is 10.7. The Morgan fingerprint density at radius 2 is 1.60 bits per heavy atom. The smallest absolute Gasteiger partial charge is 0.387 e. The minimum atomic E-state index is -3.09. The molecular formula is C43H45Cl2F2N4O7+. The molecule has 1 aliphatic carbocycles. The van der Waals surface area contributed by atoms with Crippen LogP contribution in [0.25, 0.3) is 0 Å². The van der Waals surface area contributed by atoms with Gasteiger partial charge in [-0.1, -0.05) is 59.6 Å². The third kappa shape index (κ3) is 10.2. The van der Waals surface area contributed by atoms with Crippen LogP contribution in [0.5, 0.6) is 11.5 Å². The number of aromatic amines is 1. The molecule has 3 aromatic carbocycles. The minimum absolute atomic E-state index is 0.000723. The number of nitrogens with zero attached hydrogens (tertiary/aromatic N) is 2. The zero-order valence-electron chi connectivity index (χ0n) is 32.1. The Kier molecular flexibility index (Phi) is 13.0. The monoisotopic (exact) mass is 837 g/mol. The number of fused-ring (bicyclic) bond motifs is 3. The number of amides is 1. The fourth-order valence-corrected chi connectivity index (χ4v) is 7.90. The number of hydrogen-bond acceptors (Lipinski definition) is 9. The number of halogens is 4. The van der Waals surface area contributed by atoms with E-state index in [0.717, 1.165) is 38.8 Å². The number of ether oxygens (including phenoxy) is 4. The van der Waals surface area contributed by atoms with E-state index in [1.165, 1.54) is 47.6 Å². The second-order valence-corrected chi connectivity index (χ2v) is 16.0. The topological polar surface area (TPSA) is 121 Å². The van der Waals surface area contributed by atoms with Gasteiger partial charge in [-0.15, -0.1) is 0 Å². The van der Waals surface area contributed by atoms with E-state index in [4.69, 9.17) is 42.1 Å². The number of carbonyl (C=O) groups excluding carboxylic acids is 3.